The highest BCUT2D eigenvalue weighted by molar-refractivity contribution is 5.76. The Kier molecular flexibility index (Phi) is 3.39. The third-order valence-corrected chi connectivity index (χ3v) is 3.54. The predicted molar refractivity (Wildman–Crippen MR) is 76.6 cm³/mol. The number of carbonyl (C=O) groups excluding carboxylic acids is 1. The van der Waals surface area contributed by atoms with Gasteiger partial charge < -0.3 is 19.9 Å². The van der Waals surface area contributed by atoms with Crippen LogP contribution in [0.2, 0.25) is 0 Å². The van der Waals surface area contributed by atoms with Crippen LogP contribution in [-0.2, 0) is 9.53 Å². The SMILES string of the molecule is COc1cc(C2CC(=O)OC3=CNC=CC=C32)ccc1O. The van der Waals surface area contributed by atoms with Crippen molar-refractivity contribution in [2.45, 2.75) is 12.3 Å². The molecule has 0 bridgehead atoms. The molecule has 0 radical (unpaired) electrons. The standard InChI is InChI=1S/C16H15NO4/c1-20-14-7-10(4-5-13(14)18)12-8-16(19)21-15-9-17-6-2-3-11(12)15/h2-7,9,12,17-18H,8H2,1H3. The van der Waals surface area contributed by atoms with Crippen molar-refractivity contribution in [1.29, 1.82) is 0 Å². The number of fused-ring (bicyclic) bond motifs is 1. The van der Waals surface area contributed by atoms with Crippen molar-refractivity contribution in [1.82, 2.24) is 5.32 Å². The Bertz CT molecular complexity index is 673. The molecule has 1 fully saturated rings. The number of phenols is 1. The Balaban J connectivity index is 2.05. The summed E-state index contributed by atoms with van der Waals surface area (Å²) in [5.41, 5.74) is 1.82. The fourth-order valence-electron chi connectivity index (χ4n) is 2.52. The quantitative estimate of drug-likeness (QED) is 0.816. The van der Waals surface area contributed by atoms with Crippen molar-refractivity contribution in [2.24, 2.45) is 0 Å². The molecular weight excluding hydrogens is 270 g/mol. The van der Waals surface area contributed by atoms with Crippen LogP contribution in [0.5, 0.6) is 11.5 Å². The highest BCUT2D eigenvalue weighted by Gasteiger charge is 2.31. The Labute approximate surface area is 122 Å². The maximum absolute atomic E-state index is 11.8. The topological polar surface area (TPSA) is 67.8 Å². The minimum absolute atomic E-state index is 0.0758. The Morgan fingerprint density at radius 3 is 3.10 bits per heavy atom. The number of allylic oxidation sites excluding steroid dienone is 3. The Morgan fingerprint density at radius 1 is 1.43 bits per heavy atom. The van der Waals surface area contributed by atoms with E-state index >= 15 is 0 Å². The van der Waals surface area contributed by atoms with Crippen LogP contribution < -0.4 is 10.1 Å². The predicted octanol–water partition coefficient (Wildman–Crippen LogP) is 2.32. The normalized spacial score (nSPS) is 20.4. The number of esters is 1. The fourth-order valence-corrected chi connectivity index (χ4v) is 2.52. The third kappa shape index (κ3) is 2.50. The van der Waals surface area contributed by atoms with E-state index in [1.165, 1.54) is 7.11 Å². The summed E-state index contributed by atoms with van der Waals surface area (Å²) in [6.45, 7) is 0. The highest BCUT2D eigenvalue weighted by Crippen LogP contribution is 2.40. The smallest absolute Gasteiger partial charge is 0.312 e. The van der Waals surface area contributed by atoms with Gasteiger partial charge in [0.1, 0.15) is 0 Å². The van der Waals surface area contributed by atoms with Crippen LogP contribution in [0.1, 0.15) is 17.9 Å². The van der Waals surface area contributed by atoms with Crippen molar-refractivity contribution < 1.29 is 19.4 Å². The Morgan fingerprint density at radius 2 is 2.29 bits per heavy atom. The molecule has 1 aromatic rings. The van der Waals surface area contributed by atoms with Crippen LogP contribution >= 0.6 is 0 Å². The van der Waals surface area contributed by atoms with Gasteiger partial charge in [0, 0.05) is 23.9 Å². The van der Waals surface area contributed by atoms with Crippen LogP contribution in [0, 0.1) is 0 Å². The number of ether oxygens (including phenoxy) is 2. The van der Waals surface area contributed by atoms with Gasteiger partial charge in [-0.2, -0.15) is 0 Å². The molecule has 2 aliphatic rings. The summed E-state index contributed by atoms with van der Waals surface area (Å²) in [5.74, 6) is 0.579. The van der Waals surface area contributed by atoms with Gasteiger partial charge in [-0.1, -0.05) is 12.1 Å². The van der Waals surface area contributed by atoms with Crippen LogP contribution in [0.15, 0.2) is 54.1 Å². The van der Waals surface area contributed by atoms with Crippen molar-refractivity contribution in [2.75, 3.05) is 7.11 Å². The maximum atomic E-state index is 11.8. The second-order valence-corrected chi connectivity index (χ2v) is 4.82. The summed E-state index contributed by atoms with van der Waals surface area (Å²) >= 11 is 0. The molecule has 21 heavy (non-hydrogen) atoms. The van der Waals surface area contributed by atoms with Crippen molar-refractivity contribution in [3.05, 3.63) is 59.6 Å². The summed E-state index contributed by atoms with van der Waals surface area (Å²) in [5, 5.41) is 12.6. The van der Waals surface area contributed by atoms with Crippen LogP contribution in [0.25, 0.3) is 0 Å². The third-order valence-electron chi connectivity index (χ3n) is 3.54. The van der Waals surface area contributed by atoms with E-state index in [0.29, 0.717) is 11.5 Å². The van der Waals surface area contributed by atoms with E-state index in [1.54, 1.807) is 30.6 Å². The number of aromatic hydroxyl groups is 1. The molecule has 0 spiro atoms. The van der Waals surface area contributed by atoms with Gasteiger partial charge in [-0.3, -0.25) is 4.79 Å². The number of methoxy groups -OCH3 is 1. The highest BCUT2D eigenvalue weighted by atomic mass is 16.5. The first kappa shape index (κ1) is 13.3. The molecule has 0 saturated carbocycles. The zero-order valence-electron chi connectivity index (χ0n) is 11.5. The first-order valence-electron chi connectivity index (χ1n) is 6.60. The number of nitrogens with one attached hydrogen (secondary N) is 1. The van der Waals surface area contributed by atoms with Crippen LogP contribution in [0.3, 0.4) is 0 Å². The molecule has 0 amide bonds. The average Bonchev–Trinajstić information content (AvgIpc) is 2.72. The lowest BCUT2D eigenvalue weighted by atomic mass is 9.85. The molecule has 1 unspecified atom stereocenters. The van der Waals surface area contributed by atoms with E-state index in [1.807, 2.05) is 12.2 Å². The molecule has 2 aliphatic heterocycles. The molecule has 0 aromatic heterocycles. The fraction of sp³-hybridized carbons (Fsp3) is 0.188. The summed E-state index contributed by atoms with van der Waals surface area (Å²) < 4.78 is 10.4. The summed E-state index contributed by atoms with van der Waals surface area (Å²) in [6.07, 6.45) is 7.47. The van der Waals surface area contributed by atoms with Crippen molar-refractivity contribution in [3.8, 4) is 11.5 Å². The summed E-state index contributed by atoms with van der Waals surface area (Å²) in [7, 11) is 1.50. The van der Waals surface area contributed by atoms with E-state index in [2.05, 4.69) is 5.32 Å². The molecule has 0 aliphatic carbocycles. The van der Waals surface area contributed by atoms with E-state index in [9.17, 15) is 9.90 Å². The molecule has 108 valence electrons. The van der Waals surface area contributed by atoms with E-state index < -0.39 is 0 Å². The zero-order chi connectivity index (χ0) is 14.8. The molecule has 2 N–H and O–H groups in total. The van der Waals surface area contributed by atoms with Gasteiger partial charge in [0.25, 0.3) is 0 Å². The second kappa shape index (κ2) is 5.36. The molecule has 1 aromatic carbocycles. The van der Waals surface area contributed by atoms with Gasteiger partial charge in [0.15, 0.2) is 17.3 Å². The van der Waals surface area contributed by atoms with Gasteiger partial charge in [-0.05, 0) is 23.8 Å². The lowest BCUT2D eigenvalue weighted by Crippen LogP contribution is -2.21. The number of phenolic OH excluding ortho intramolecular Hbond substituents is 1. The van der Waals surface area contributed by atoms with Gasteiger partial charge >= 0.3 is 5.97 Å². The Hall–Kier alpha value is -2.69. The number of rotatable bonds is 2. The molecule has 5 nitrogen and oxygen atoms in total. The zero-order valence-corrected chi connectivity index (χ0v) is 11.5. The van der Waals surface area contributed by atoms with E-state index in [0.717, 1.165) is 11.1 Å². The van der Waals surface area contributed by atoms with E-state index in [-0.39, 0.29) is 24.1 Å². The minimum atomic E-state index is -0.279. The van der Waals surface area contributed by atoms with Crippen LogP contribution in [-0.4, -0.2) is 18.2 Å². The maximum Gasteiger partial charge on any atom is 0.312 e. The lowest BCUT2D eigenvalue weighted by molar-refractivity contribution is -0.141. The van der Waals surface area contributed by atoms with E-state index in [4.69, 9.17) is 9.47 Å². The summed E-state index contributed by atoms with van der Waals surface area (Å²) in [4.78, 5) is 11.8. The molecular formula is C16H15NO4. The monoisotopic (exact) mass is 285 g/mol. The number of hydrogen-bond acceptors (Lipinski definition) is 5. The second-order valence-electron chi connectivity index (χ2n) is 4.82. The number of hydrogen-bond donors (Lipinski definition) is 2. The van der Waals surface area contributed by atoms with Gasteiger partial charge in [0.05, 0.1) is 13.5 Å². The van der Waals surface area contributed by atoms with Crippen molar-refractivity contribution in [3.63, 3.8) is 0 Å². The first-order chi connectivity index (χ1) is 10.2. The minimum Gasteiger partial charge on any atom is -0.504 e. The molecule has 3 rings (SSSR count). The molecule has 1 atom stereocenters. The number of benzene rings is 1. The molecule has 1 saturated heterocycles. The average molecular weight is 285 g/mol. The van der Waals surface area contributed by atoms with Crippen LogP contribution in [0.4, 0.5) is 0 Å². The summed E-state index contributed by atoms with van der Waals surface area (Å²) in [6, 6.07) is 5.11. The van der Waals surface area contributed by atoms with Gasteiger partial charge in [-0.15, -0.1) is 0 Å². The molecule has 2 heterocycles. The van der Waals surface area contributed by atoms with Crippen molar-refractivity contribution >= 4 is 5.97 Å². The first-order valence-corrected chi connectivity index (χ1v) is 6.60. The lowest BCUT2D eigenvalue weighted by Gasteiger charge is -2.27. The number of carbonyl (C=O) groups is 1. The largest absolute Gasteiger partial charge is 0.504 e. The molecule has 5 heteroatoms. The van der Waals surface area contributed by atoms with Gasteiger partial charge in [0.2, 0.25) is 0 Å². The van der Waals surface area contributed by atoms with Gasteiger partial charge in [-0.25, -0.2) is 0 Å².